The predicted molar refractivity (Wildman–Crippen MR) is 77.6 cm³/mol. The van der Waals surface area contributed by atoms with Gasteiger partial charge in [0.1, 0.15) is 11.8 Å². The van der Waals surface area contributed by atoms with Crippen molar-refractivity contribution in [3.63, 3.8) is 0 Å². The number of hydrogen-bond acceptors (Lipinski definition) is 4. The Hall–Kier alpha value is -2.87. The fourth-order valence-corrected chi connectivity index (χ4v) is 1.82. The van der Waals surface area contributed by atoms with Gasteiger partial charge in [0.2, 0.25) is 0 Å². The van der Waals surface area contributed by atoms with Gasteiger partial charge in [-0.25, -0.2) is 0 Å². The van der Waals surface area contributed by atoms with Gasteiger partial charge in [0.05, 0.1) is 11.3 Å². The first-order valence-corrected chi connectivity index (χ1v) is 6.10. The van der Waals surface area contributed by atoms with Gasteiger partial charge in [-0.1, -0.05) is 12.1 Å². The molecule has 0 atom stereocenters. The van der Waals surface area contributed by atoms with Gasteiger partial charge in [-0.05, 0) is 30.7 Å². The molecule has 5 nitrogen and oxygen atoms in total. The molecule has 0 unspecified atom stereocenters. The topological polar surface area (TPSA) is 77.8 Å². The molecule has 0 fully saturated rings. The van der Waals surface area contributed by atoms with Crippen molar-refractivity contribution in [1.82, 2.24) is 4.98 Å². The lowest BCUT2D eigenvalue weighted by molar-refractivity contribution is 0.102. The number of anilines is 2. The molecular weight excluding hydrogens is 252 g/mol. The molecule has 1 heterocycles. The zero-order chi connectivity index (χ0) is 14.5. The molecule has 0 aliphatic heterocycles. The van der Waals surface area contributed by atoms with Crippen LogP contribution in [0, 0.1) is 18.3 Å². The molecule has 2 N–H and O–H groups in total. The zero-order valence-electron chi connectivity index (χ0n) is 11.3. The third kappa shape index (κ3) is 2.75. The van der Waals surface area contributed by atoms with E-state index in [0.717, 1.165) is 11.3 Å². The number of amides is 1. The van der Waals surface area contributed by atoms with E-state index < -0.39 is 0 Å². The highest BCUT2D eigenvalue weighted by molar-refractivity contribution is 6.04. The van der Waals surface area contributed by atoms with Crippen molar-refractivity contribution in [2.24, 2.45) is 0 Å². The summed E-state index contributed by atoms with van der Waals surface area (Å²) in [7, 11) is 1.77. The summed E-state index contributed by atoms with van der Waals surface area (Å²) in [6.45, 7) is 1.83. The van der Waals surface area contributed by atoms with Gasteiger partial charge in [-0.15, -0.1) is 0 Å². The van der Waals surface area contributed by atoms with Gasteiger partial charge in [0.15, 0.2) is 0 Å². The molecule has 0 bridgehead atoms. The molecule has 1 aromatic heterocycles. The average molecular weight is 266 g/mol. The molecule has 100 valence electrons. The molecule has 0 aliphatic carbocycles. The summed E-state index contributed by atoms with van der Waals surface area (Å²) in [5.41, 5.74) is 2.87. The normalized spacial score (nSPS) is 9.65. The minimum Gasteiger partial charge on any atom is -0.388 e. The third-order valence-electron chi connectivity index (χ3n) is 2.91. The summed E-state index contributed by atoms with van der Waals surface area (Å²) in [6.07, 6.45) is 1.56. The van der Waals surface area contributed by atoms with Crippen molar-refractivity contribution >= 4 is 17.3 Å². The van der Waals surface area contributed by atoms with Gasteiger partial charge < -0.3 is 10.6 Å². The van der Waals surface area contributed by atoms with Crippen molar-refractivity contribution in [1.29, 1.82) is 5.26 Å². The van der Waals surface area contributed by atoms with Gasteiger partial charge in [0.25, 0.3) is 5.91 Å². The first-order chi connectivity index (χ1) is 9.65. The van der Waals surface area contributed by atoms with Crippen LogP contribution in [0.15, 0.2) is 36.5 Å². The van der Waals surface area contributed by atoms with Gasteiger partial charge in [-0.2, -0.15) is 5.26 Å². The molecular formula is C15H14N4O. The highest BCUT2D eigenvalue weighted by Gasteiger charge is 2.11. The van der Waals surface area contributed by atoms with Crippen LogP contribution in [0.2, 0.25) is 0 Å². The highest BCUT2D eigenvalue weighted by atomic mass is 16.1. The smallest absolute Gasteiger partial charge is 0.274 e. The van der Waals surface area contributed by atoms with Crippen molar-refractivity contribution < 1.29 is 4.79 Å². The number of rotatable bonds is 3. The number of carbonyl (C=O) groups excluding carboxylic acids is 1. The first-order valence-electron chi connectivity index (χ1n) is 6.10. The van der Waals surface area contributed by atoms with Crippen LogP contribution in [0.4, 0.5) is 11.4 Å². The van der Waals surface area contributed by atoms with Crippen molar-refractivity contribution in [3.05, 3.63) is 53.3 Å². The first kappa shape index (κ1) is 13.6. The van der Waals surface area contributed by atoms with Crippen LogP contribution in [-0.2, 0) is 0 Å². The van der Waals surface area contributed by atoms with E-state index in [1.165, 1.54) is 0 Å². The second-order valence-electron chi connectivity index (χ2n) is 4.24. The van der Waals surface area contributed by atoms with Crippen LogP contribution in [0.25, 0.3) is 0 Å². The Morgan fingerprint density at radius 2 is 2.15 bits per heavy atom. The van der Waals surface area contributed by atoms with E-state index in [-0.39, 0.29) is 5.91 Å². The van der Waals surface area contributed by atoms with E-state index in [1.54, 1.807) is 37.5 Å². The number of aromatic nitrogens is 1. The van der Waals surface area contributed by atoms with Gasteiger partial charge in [0, 0.05) is 18.9 Å². The predicted octanol–water partition coefficient (Wildman–Crippen LogP) is 2.56. The second-order valence-corrected chi connectivity index (χ2v) is 4.24. The summed E-state index contributed by atoms with van der Waals surface area (Å²) in [4.78, 5) is 16.2. The SMILES string of the molecule is CNc1ccnc(C(=O)Nc2cccc(C)c2C#N)c1. The van der Waals surface area contributed by atoms with E-state index in [2.05, 4.69) is 21.7 Å². The number of benzene rings is 1. The number of nitrogens with one attached hydrogen (secondary N) is 2. The van der Waals surface area contributed by atoms with E-state index in [1.807, 2.05) is 13.0 Å². The standard InChI is InChI=1S/C15H14N4O/c1-10-4-3-5-13(12(10)9-16)19-15(20)14-8-11(17-2)6-7-18-14/h3-8H,1-2H3,(H,17,18)(H,19,20). The van der Waals surface area contributed by atoms with Gasteiger partial charge >= 0.3 is 0 Å². The molecule has 5 heteroatoms. The number of carbonyl (C=O) groups is 1. The Morgan fingerprint density at radius 3 is 2.85 bits per heavy atom. The summed E-state index contributed by atoms with van der Waals surface area (Å²) in [5.74, 6) is -0.343. The molecule has 2 rings (SSSR count). The van der Waals surface area contributed by atoms with Crippen LogP contribution < -0.4 is 10.6 Å². The quantitative estimate of drug-likeness (QED) is 0.895. The van der Waals surface area contributed by atoms with Crippen molar-refractivity contribution in [2.45, 2.75) is 6.92 Å². The monoisotopic (exact) mass is 266 g/mol. The molecule has 0 aliphatic rings. The van der Waals surface area contributed by atoms with E-state index in [9.17, 15) is 4.79 Å². The van der Waals surface area contributed by atoms with Crippen molar-refractivity contribution in [3.8, 4) is 6.07 Å². The van der Waals surface area contributed by atoms with Crippen LogP contribution in [-0.4, -0.2) is 17.9 Å². The van der Waals surface area contributed by atoms with Gasteiger partial charge in [-0.3, -0.25) is 9.78 Å². The second kappa shape index (κ2) is 5.85. The van der Waals surface area contributed by atoms with E-state index in [0.29, 0.717) is 16.9 Å². The Bertz CT molecular complexity index is 689. The minimum atomic E-state index is -0.343. The van der Waals surface area contributed by atoms with Crippen LogP contribution in [0.1, 0.15) is 21.6 Å². The lowest BCUT2D eigenvalue weighted by atomic mass is 10.1. The van der Waals surface area contributed by atoms with E-state index in [4.69, 9.17) is 5.26 Å². The Labute approximate surface area is 117 Å². The average Bonchev–Trinajstić information content (AvgIpc) is 2.47. The summed E-state index contributed by atoms with van der Waals surface area (Å²) < 4.78 is 0. The number of pyridine rings is 1. The highest BCUT2D eigenvalue weighted by Crippen LogP contribution is 2.19. The fourth-order valence-electron chi connectivity index (χ4n) is 1.82. The maximum Gasteiger partial charge on any atom is 0.274 e. The minimum absolute atomic E-state index is 0.294. The number of nitriles is 1. The summed E-state index contributed by atoms with van der Waals surface area (Å²) in [6, 6.07) is 10.8. The molecule has 0 radical (unpaired) electrons. The Morgan fingerprint density at radius 1 is 1.35 bits per heavy atom. The maximum absolute atomic E-state index is 12.2. The number of aryl methyl sites for hydroxylation is 1. The van der Waals surface area contributed by atoms with Crippen LogP contribution in [0.5, 0.6) is 0 Å². The number of nitrogens with zero attached hydrogens (tertiary/aromatic N) is 2. The van der Waals surface area contributed by atoms with Crippen LogP contribution >= 0.6 is 0 Å². The molecule has 0 spiro atoms. The summed E-state index contributed by atoms with van der Waals surface area (Å²) in [5, 5.41) is 14.8. The van der Waals surface area contributed by atoms with Crippen molar-refractivity contribution in [2.75, 3.05) is 17.7 Å². The number of hydrogen-bond donors (Lipinski definition) is 2. The molecule has 20 heavy (non-hydrogen) atoms. The lowest BCUT2D eigenvalue weighted by Crippen LogP contribution is -2.15. The molecule has 2 aromatic rings. The van der Waals surface area contributed by atoms with E-state index >= 15 is 0 Å². The largest absolute Gasteiger partial charge is 0.388 e. The third-order valence-corrected chi connectivity index (χ3v) is 2.91. The zero-order valence-corrected chi connectivity index (χ0v) is 11.3. The Kier molecular flexibility index (Phi) is 3.96. The van der Waals surface area contributed by atoms with Crippen LogP contribution in [0.3, 0.4) is 0 Å². The molecule has 1 amide bonds. The molecule has 0 saturated carbocycles. The molecule has 0 saturated heterocycles. The molecule has 1 aromatic carbocycles. The Balaban J connectivity index is 2.28. The lowest BCUT2D eigenvalue weighted by Gasteiger charge is -2.09. The fraction of sp³-hybridized carbons (Fsp3) is 0.133. The summed E-state index contributed by atoms with van der Waals surface area (Å²) >= 11 is 0. The maximum atomic E-state index is 12.2.